The van der Waals surface area contributed by atoms with E-state index in [0.29, 0.717) is 42.1 Å². The van der Waals surface area contributed by atoms with Gasteiger partial charge in [0.25, 0.3) is 5.91 Å². The van der Waals surface area contributed by atoms with Crippen molar-refractivity contribution in [3.05, 3.63) is 4.88 Å². The zero-order chi connectivity index (χ0) is 20.9. The third kappa shape index (κ3) is 6.13. The average Bonchev–Trinajstić information content (AvgIpc) is 3.10. The molecule has 0 unspecified atom stereocenters. The minimum atomic E-state index is -0.565. The number of piperidine rings is 1. The van der Waals surface area contributed by atoms with Crippen LogP contribution in [0.2, 0.25) is 0 Å². The molecule has 2 aliphatic rings. The molecule has 2 aliphatic heterocycles. The number of hydrogen-bond acceptors (Lipinski definition) is 7. The molecule has 0 aliphatic carbocycles. The summed E-state index contributed by atoms with van der Waals surface area (Å²) in [7, 11) is 0. The molecule has 162 valence electrons. The summed E-state index contributed by atoms with van der Waals surface area (Å²) in [5.74, 6) is 0.102. The van der Waals surface area contributed by atoms with Crippen LogP contribution < -0.4 is 10.6 Å². The number of rotatable bonds is 6. The number of hydrogen-bond donors (Lipinski definition) is 2. The second-order valence-corrected chi connectivity index (χ2v) is 9.63. The zero-order valence-electron chi connectivity index (χ0n) is 17.8. The maximum atomic E-state index is 13.0. The van der Waals surface area contributed by atoms with Gasteiger partial charge in [0.15, 0.2) is 10.9 Å². The quantitative estimate of drug-likeness (QED) is 0.731. The Kier molecular flexibility index (Phi) is 7.48. The predicted octanol–water partition coefficient (Wildman–Crippen LogP) is 2.50. The van der Waals surface area contributed by atoms with Gasteiger partial charge >= 0.3 is 0 Å². The number of ether oxygens (including phenoxy) is 1. The maximum Gasteiger partial charge on any atom is 0.268 e. The van der Waals surface area contributed by atoms with Gasteiger partial charge in [0.05, 0.1) is 13.2 Å². The van der Waals surface area contributed by atoms with Crippen molar-refractivity contribution in [3.63, 3.8) is 0 Å². The van der Waals surface area contributed by atoms with E-state index in [1.807, 2.05) is 20.8 Å². The molecule has 0 atom stereocenters. The molecular formula is C20H33N5O3S. The van der Waals surface area contributed by atoms with Gasteiger partial charge in [0, 0.05) is 31.6 Å². The van der Waals surface area contributed by atoms with E-state index in [2.05, 4.69) is 20.5 Å². The van der Waals surface area contributed by atoms with Gasteiger partial charge < -0.3 is 25.2 Å². The van der Waals surface area contributed by atoms with E-state index in [4.69, 9.17) is 4.74 Å². The Morgan fingerprint density at radius 1 is 1.10 bits per heavy atom. The van der Waals surface area contributed by atoms with E-state index < -0.39 is 5.41 Å². The summed E-state index contributed by atoms with van der Waals surface area (Å²) in [4.78, 5) is 34.8. The molecule has 2 saturated heterocycles. The number of nitrogens with zero attached hydrogens (tertiary/aromatic N) is 3. The van der Waals surface area contributed by atoms with Crippen LogP contribution in [0.5, 0.6) is 0 Å². The van der Waals surface area contributed by atoms with Crippen molar-refractivity contribution in [1.29, 1.82) is 0 Å². The predicted molar refractivity (Wildman–Crippen MR) is 116 cm³/mol. The second kappa shape index (κ2) is 9.86. The molecule has 3 rings (SSSR count). The molecule has 1 aromatic heterocycles. The number of nitrogens with one attached hydrogen (secondary N) is 2. The Labute approximate surface area is 177 Å². The molecule has 2 amide bonds. The van der Waals surface area contributed by atoms with Gasteiger partial charge in [0.2, 0.25) is 5.91 Å². The third-order valence-electron chi connectivity index (χ3n) is 5.19. The topological polar surface area (TPSA) is 86.8 Å². The van der Waals surface area contributed by atoms with Crippen molar-refractivity contribution < 1.29 is 14.3 Å². The van der Waals surface area contributed by atoms with Crippen LogP contribution in [0.4, 0.5) is 10.9 Å². The lowest BCUT2D eigenvalue weighted by Crippen LogP contribution is -2.40. The largest absolute Gasteiger partial charge is 0.378 e. The molecule has 0 bridgehead atoms. The number of likely N-dealkylation sites (tertiary alicyclic amines) is 1. The number of anilines is 2. The van der Waals surface area contributed by atoms with Crippen molar-refractivity contribution in [2.24, 2.45) is 5.41 Å². The van der Waals surface area contributed by atoms with Crippen LogP contribution in [-0.2, 0) is 9.53 Å². The molecule has 0 spiro atoms. The van der Waals surface area contributed by atoms with Crippen LogP contribution >= 0.6 is 11.3 Å². The Morgan fingerprint density at radius 3 is 2.45 bits per heavy atom. The first-order valence-corrected chi connectivity index (χ1v) is 11.3. The summed E-state index contributed by atoms with van der Waals surface area (Å²) < 4.78 is 5.35. The molecule has 1 aromatic rings. The Hall–Kier alpha value is -1.71. The third-order valence-corrected chi connectivity index (χ3v) is 6.19. The minimum absolute atomic E-state index is 0.0981. The van der Waals surface area contributed by atoms with Gasteiger partial charge in [-0.05, 0) is 25.9 Å². The first-order valence-electron chi connectivity index (χ1n) is 10.5. The van der Waals surface area contributed by atoms with E-state index in [0.717, 1.165) is 26.2 Å². The summed E-state index contributed by atoms with van der Waals surface area (Å²) in [6.45, 7) is 11.7. The van der Waals surface area contributed by atoms with Gasteiger partial charge in [-0.1, -0.05) is 38.5 Å². The van der Waals surface area contributed by atoms with E-state index in [-0.39, 0.29) is 11.8 Å². The van der Waals surface area contributed by atoms with Crippen LogP contribution in [-0.4, -0.2) is 79.1 Å². The fourth-order valence-corrected chi connectivity index (χ4v) is 4.25. The first kappa shape index (κ1) is 22.0. The molecular weight excluding hydrogens is 390 g/mol. The van der Waals surface area contributed by atoms with Crippen molar-refractivity contribution in [2.75, 3.05) is 63.1 Å². The van der Waals surface area contributed by atoms with Crippen molar-refractivity contribution in [3.8, 4) is 0 Å². The summed E-state index contributed by atoms with van der Waals surface area (Å²) in [5.41, 5.74) is -0.565. The van der Waals surface area contributed by atoms with Gasteiger partial charge in [-0.15, -0.1) is 0 Å². The Balaban J connectivity index is 1.69. The molecule has 3 heterocycles. The highest BCUT2D eigenvalue weighted by Gasteiger charge is 2.28. The lowest BCUT2D eigenvalue weighted by Gasteiger charge is -2.26. The van der Waals surface area contributed by atoms with Gasteiger partial charge in [-0.2, -0.15) is 0 Å². The molecule has 0 radical (unpaired) electrons. The highest BCUT2D eigenvalue weighted by Crippen LogP contribution is 2.30. The molecule has 2 N–H and O–H groups in total. The number of carbonyl (C=O) groups excluding carboxylic acids is 2. The van der Waals surface area contributed by atoms with Crippen molar-refractivity contribution >= 4 is 34.1 Å². The van der Waals surface area contributed by atoms with Gasteiger partial charge in [0.1, 0.15) is 4.88 Å². The molecule has 8 nitrogen and oxygen atoms in total. The normalized spacial score (nSPS) is 18.5. The zero-order valence-corrected chi connectivity index (χ0v) is 18.6. The van der Waals surface area contributed by atoms with Crippen molar-refractivity contribution in [2.45, 2.75) is 40.0 Å². The molecule has 0 aromatic carbocycles. The Morgan fingerprint density at radius 2 is 1.79 bits per heavy atom. The highest BCUT2D eigenvalue weighted by molar-refractivity contribution is 7.18. The fraction of sp³-hybridized carbons (Fsp3) is 0.750. The summed E-state index contributed by atoms with van der Waals surface area (Å²) in [5, 5.41) is 6.87. The average molecular weight is 424 g/mol. The summed E-state index contributed by atoms with van der Waals surface area (Å²) in [6.07, 6.45) is 3.84. The maximum absolute atomic E-state index is 13.0. The number of amides is 2. The van der Waals surface area contributed by atoms with E-state index in [1.54, 1.807) is 4.90 Å². The first-order chi connectivity index (χ1) is 13.8. The monoisotopic (exact) mass is 423 g/mol. The van der Waals surface area contributed by atoms with Crippen LogP contribution in [0, 0.1) is 5.41 Å². The lowest BCUT2D eigenvalue weighted by atomic mass is 9.96. The number of carbonyl (C=O) groups is 2. The van der Waals surface area contributed by atoms with Gasteiger partial charge in [-0.3, -0.25) is 9.59 Å². The molecule has 2 fully saturated rings. The minimum Gasteiger partial charge on any atom is -0.378 e. The number of thiazole rings is 1. The molecule has 9 heteroatoms. The molecule has 0 saturated carbocycles. The van der Waals surface area contributed by atoms with Crippen LogP contribution in [0.25, 0.3) is 0 Å². The summed E-state index contributed by atoms with van der Waals surface area (Å²) in [6, 6.07) is 0. The van der Waals surface area contributed by atoms with E-state index in [9.17, 15) is 9.59 Å². The van der Waals surface area contributed by atoms with Gasteiger partial charge in [-0.25, -0.2) is 4.98 Å². The van der Waals surface area contributed by atoms with Crippen LogP contribution in [0.3, 0.4) is 0 Å². The second-order valence-electron chi connectivity index (χ2n) is 8.63. The van der Waals surface area contributed by atoms with Crippen molar-refractivity contribution in [1.82, 2.24) is 14.8 Å². The Bertz CT molecular complexity index is 703. The van der Waals surface area contributed by atoms with Crippen LogP contribution in [0.1, 0.15) is 49.7 Å². The SMILES string of the molecule is CC(C)(C)C(=O)Nc1nc(NCCN2CCCCC2)sc1C(=O)N1CCOCC1. The fourth-order valence-electron chi connectivity index (χ4n) is 3.33. The molecule has 29 heavy (non-hydrogen) atoms. The smallest absolute Gasteiger partial charge is 0.268 e. The lowest BCUT2D eigenvalue weighted by molar-refractivity contribution is -0.123. The highest BCUT2D eigenvalue weighted by atomic mass is 32.1. The number of aromatic nitrogens is 1. The van der Waals surface area contributed by atoms with E-state index >= 15 is 0 Å². The standard InChI is InChI=1S/C20H33N5O3S/c1-20(2,3)18(27)22-16-15(17(26)25-11-13-28-14-12-25)29-19(23-16)21-7-10-24-8-5-4-6-9-24/h4-14H2,1-3H3,(H,21,23)(H,22,27). The summed E-state index contributed by atoms with van der Waals surface area (Å²) >= 11 is 1.31. The van der Waals surface area contributed by atoms with E-state index in [1.165, 1.54) is 30.6 Å². The van der Waals surface area contributed by atoms with Crippen LogP contribution in [0.15, 0.2) is 0 Å². The number of morpholine rings is 1.